The van der Waals surface area contributed by atoms with Crippen LogP contribution >= 0.6 is 0 Å². The van der Waals surface area contributed by atoms with Gasteiger partial charge in [-0.25, -0.2) is 0 Å². The lowest BCUT2D eigenvalue weighted by Crippen LogP contribution is -2.30. The van der Waals surface area contributed by atoms with E-state index in [0.29, 0.717) is 0 Å². The molecule has 0 N–H and O–H groups in total. The molecule has 3 aliphatic carbocycles. The molecule has 1 aromatic carbocycles. The van der Waals surface area contributed by atoms with E-state index in [1.807, 2.05) is 0 Å². The zero-order valence-electron chi connectivity index (χ0n) is 9.37. The van der Waals surface area contributed by atoms with E-state index in [2.05, 4.69) is 25.1 Å². The van der Waals surface area contributed by atoms with E-state index in [-0.39, 0.29) is 0 Å². The van der Waals surface area contributed by atoms with Crippen LogP contribution in [0.2, 0.25) is 0 Å². The molecule has 2 saturated carbocycles. The smallest absolute Gasteiger partial charge is 0.00563 e. The van der Waals surface area contributed by atoms with Crippen LogP contribution in [0.4, 0.5) is 0 Å². The van der Waals surface area contributed by atoms with Crippen molar-refractivity contribution in [3.63, 3.8) is 0 Å². The van der Waals surface area contributed by atoms with E-state index in [9.17, 15) is 0 Å². The molecule has 0 heteroatoms. The van der Waals surface area contributed by atoms with Crippen molar-refractivity contribution in [2.24, 2.45) is 11.8 Å². The van der Waals surface area contributed by atoms with Gasteiger partial charge in [0.2, 0.25) is 0 Å². The molecule has 0 spiro atoms. The molecule has 0 heterocycles. The Morgan fingerprint density at radius 3 is 2.73 bits per heavy atom. The fraction of sp³-hybridized carbons (Fsp3) is 0.600. The number of hydrogen-bond donors (Lipinski definition) is 0. The number of fused-ring (bicyclic) bond motifs is 8. The van der Waals surface area contributed by atoms with Crippen molar-refractivity contribution < 1.29 is 0 Å². The number of benzene rings is 1. The summed E-state index contributed by atoms with van der Waals surface area (Å²) in [5.74, 6) is 4.07. The quantitative estimate of drug-likeness (QED) is 0.642. The normalized spacial score (nSPS) is 39.8. The third-order valence-electron chi connectivity index (χ3n) is 5.22. The molecule has 15 heavy (non-hydrogen) atoms. The summed E-state index contributed by atoms with van der Waals surface area (Å²) in [6, 6.07) is 7.03. The highest BCUT2D eigenvalue weighted by Crippen LogP contribution is 2.68. The standard InChI is InChI=1S/C15H18/c1-2-9-4-3-5-12-13(9)15-11-7-6-10(8-11)14(12)15/h3-5,10-11,14-15H,2,6-8H2,1H3. The maximum atomic E-state index is 2.40. The van der Waals surface area contributed by atoms with Crippen LogP contribution in [0.1, 0.15) is 54.7 Å². The Kier molecular flexibility index (Phi) is 1.49. The Bertz CT molecular complexity index is 418. The third kappa shape index (κ3) is 0.851. The minimum absolute atomic E-state index is 0.977. The van der Waals surface area contributed by atoms with Gasteiger partial charge in [-0.3, -0.25) is 0 Å². The molecular formula is C15H18. The first kappa shape index (κ1) is 8.38. The summed E-state index contributed by atoms with van der Waals surface area (Å²) in [4.78, 5) is 0. The van der Waals surface area contributed by atoms with Crippen LogP contribution in [0.15, 0.2) is 18.2 Å². The van der Waals surface area contributed by atoms with Gasteiger partial charge in [0.25, 0.3) is 0 Å². The minimum atomic E-state index is 0.977. The number of hydrogen-bond acceptors (Lipinski definition) is 0. The van der Waals surface area contributed by atoms with E-state index in [0.717, 1.165) is 23.7 Å². The SMILES string of the molecule is CCc1cccc2c1C1C3CCC(C3)C21. The molecule has 0 nitrogen and oxygen atoms in total. The monoisotopic (exact) mass is 198 g/mol. The van der Waals surface area contributed by atoms with Crippen molar-refractivity contribution in [3.05, 3.63) is 34.9 Å². The van der Waals surface area contributed by atoms with E-state index >= 15 is 0 Å². The molecular weight excluding hydrogens is 180 g/mol. The van der Waals surface area contributed by atoms with Gasteiger partial charge in [-0.2, -0.15) is 0 Å². The highest BCUT2D eigenvalue weighted by Gasteiger charge is 2.55. The second kappa shape index (κ2) is 2.66. The average molecular weight is 198 g/mol. The van der Waals surface area contributed by atoms with E-state index in [1.54, 1.807) is 16.7 Å². The first-order valence-corrected chi connectivity index (χ1v) is 6.52. The van der Waals surface area contributed by atoms with Gasteiger partial charge >= 0.3 is 0 Å². The Labute approximate surface area is 91.7 Å². The highest BCUT2D eigenvalue weighted by molar-refractivity contribution is 5.53. The number of rotatable bonds is 1. The molecule has 4 unspecified atom stereocenters. The van der Waals surface area contributed by atoms with Gasteiger partial charge in [0.05, 0.1) is 0 Å². The molecule has 0 amide bonds. The Morgan fingerprint density at radius 2 is 1.93 bits per heavy atom. The van der Waals surface area contributed by atoms with Crippen LogP contribution in [0.5, 0.6) is 0 Å². The summed E-state index contributed by atoms with van der Waals surface area (Å²) in [6.07, 6.45) is 5.79. The fourth-order valence-electron chi connectivity index (χ4n) is 4.70. The largest absolute Gasteiger partial charge is 0.0617 e. The van der Waals surface area contributed by atoms with Crippen molar-refractivity contribution in [1.29, 1.82) is 0 Å². The summed E-state index contributed by atoms with van der Waals surface area (Å²) in [6.45, 7) is 2.30. The zero-order valence-corrected chi connectivity index (χ0v) is 9.37. The van der Waals surface area contributed by atoms with Gasteiger partial charge in [-0.1, -0.05) is 25.1 Å². The van der Waals surface area contributed by atoms with Crippen molar-refractivity contribution >= 4 is 0 Å². The lowest BCUT2D eigenvalue weighted by Gasteiger charge is -2.44. The summed E-state index contributed by atoms with van der Waals surface area (Å²) in [5.41, 5.74) is 5.14. The first-order chi connectivity index (χ1) is 7.40. The second-order valence-corrected chi connectivity index (χ2v) is 5.66. The van der Waals surface area contributed by atoms with Crippen LogP contribution in [-0.4, -0.2) is 0 Å². The topological polar surface area (TPSA) is 0 Å². The van der Waals surface area contributed by atoms with Crippen molar-refractivity contribution in [2.75, 3.05) is 0 Å². The van der Waals surface area contributed by atoms with Gasteiger partial charge in [0.15, 0.2) is 0 Å². The van der Waals surface area contributed by atoms with Crippen LogP contribution < -0.4 is 0 Å². The van der Waals surface area contributed by atoms with Gasteiger partial charge in [0, 0.05) is 0 Å². The summed E-state index contributed by atoms with van der Waals surface area (Å²) < 4.78 is 0. The van der Waals surface area contributed by atoms with E-state index < -0.39 is 0 Å². The summed E-state index contributed by atoms with van der Waals surface area (Å²) >= 11 is 0. The highest BCUT2D eigenvalue weighted by atomic mass is 14.6. The molecule has 1 aromatic rings. The summed E-state index contributed by atoms with van der Waals surface area (Å²) in [5, 5.41) is 0. The second-order valence-electron chi connectivity index (χ2n) is 5.66. The van der Waals surface area contributed by atoms with Gasteiger partial charge in [-0.05, 0) is 66.0 Å². The lowest BCUT2D eigenvalue weighted by molar-refractivity contribution is 0.321. The average Bonchev–Trinajstić information content (AvgIpc) is 2.80. The Hall–Kier alpha value is -0.780. The minimum Gasteiger partial charge on any atom is -0.0617 e. The first-order valence-electron chi connectivity index (χ1n) is 6.52. The van der Waals surface area contributed by atoms with Crippen molar-refractivity contribution in [3.8, 4) is 0 Å². The van der Waals surface area contributed by atoms with Crippen LogP contribution in [0.25, 0.3) is 0 Å². The van der Waals surface area contributed by atoms with Gasteiger partial charge < -0.3 is 0 Å². The summed E-state index contributed by atoms with van der Waals surface area (Å²) in [7, 11) is 0. The van der Waals surface area contributed by atoms with Crippen molar-refractivity contribution in [2.45, 2.75) is 44.4 Å². The van der Waals surface area contributed by atoms with Crippen LogP contribution in [0.3, 0.4) is 0 Å². The van der Waals surface area contributed by atoms with Crippen LogP contribution in [-0.2, 0) is 6.42 Å². The molecule has 2 bridgehead atoms. The zero-order chi connectivity index (χ0) is 9.99. The maximum absolute atomic E-state index is 2.40. The molecule has 0 radical (unpaired) electrons. The molecule has 2 fully saturated rings. The molecule has 4 rings (SSSR count). The predicted molar refractivity (Wildman–Crippen MR) is 62.1 cm³/mol. The Morgan fingerprint density at radius 1 is 1.13 bits per heavy atom. The third-order valence-corrected chi connectivity index (χ3v) is 5.22. The van der Waals surface area contributed by atoms with Crippen LogP contribution in [0, 0.1) is 11.8 Å². The van der Waals surface area contributed by atoms with Crippen molar-refractivity contribution in [1.82, 2.24) is 0 Å². The molecule has 0 aromatic heterocycles. The molecule has 0 aliphatic heterocycles. The molecule has 78 valence electrons. The van der Waals surface area contributed by atoms with Gasteiger partial charge in [0.1, 0.15) is 0 Å². The molecule has 0 saturated heterocycles. The molecule has 3 aliphatic rings. The Balaban J connectivity index is 1.87. The van der Waals surface area contributed by atoms with E-state index in [1.165, 1.54) is 25.7 Å². The molecule has 4 atom stereocenters. The number of aryl methyl sites for hydroxylation is 1. The lowest BCUT2D eigenvalue weighted by atomic mass is 9.60. The maximum Gasteiger partial charge on any atom is -0.00563 e. The van der Waals surface area contributed by atoms with Gasteiger partial charge in [-0.15, -0.1) is 0 Å². The van der Waals surface area contributed by atoms with E-state index in [4.69, 9.17) is 0 Å². The predicted octanol–water partition coefficient (Wildman–Crippen LogP) is 3.86. The fourth-order valence-corrected chi connectivity index (χ4v) is 4.70.